The third kappa shape index (κ3) is 4.31. The summed E-state index contributed by atoms with van der Waals surface area (Å²) >= 11 is 1.76. The Morgan fingerprint density at radius 2 is 2.38 bits per heavy atom. The summed E-state index contributed by atoms with van der Waals surface area (Å²) in [6, 6.07) is 3.03. The number of aromatic carboxylic acids is 1. The maximum absolute atomic E-state index is 10.5. The van der Waals surface area contributed by atoms with E-state index in [9.17, 15) is 4.79 Å². The van der Waals surface area contributed by atoms with E-state index in [1.807, 2.05) is 6.08 Å². The normalized spacial score (nSPS) is 9.75. The molecule has 0 fully saturated rings. The fourth-order valence-corrected chi connectivity index (χ4v) is 1.54. The van der Waals surface area contributed by atoms with Crippen LogP contribution in [0.2, 0.25) is 0 Å². The lowest BCUT2D eigenvalue weighted by Crippen LogP contribution is -2.08. The van der Waals surface area contributed by atoms with Crippen molar-refractivity contribution in [2.45, 2.75) is 0 Å². The molecule has 5 nitrogen and oxygen atoms in total. The summed E-state index contributed by atoms with van der Waals surface area (Å²) < 4.78 is 0. The maximum Gasteiger partial charge on any atom is 0.356 e. The van der Waals surface area contributed by atoms with E-state index in [1.54, 1.807) is 17.8 Å². The Kier molecular flexibility index (Phi) is 5.35. The molecule has 0 atom stereocenters. The van der Waals surface area contributed by atoms with Gasteiger partial charge < -0.3 is 10.4 Å². The van der Waals surface area contributed by atoms with E-state index in [1.165, 1.54) is 6.07 Å². The lowest BCUT2D eigenvalue weighted by Gasteiger charge is -2.03. The summed E-state index contributed by atoms with van der Waals surface area (Å²) in [7, 11) is 0. The highest BCUT2D eigenvalue weighted by Crippen LogP contribution is 2.03. The second-order valence-electron chi connectivity index (χ2n) is 2.90. The molecule has 2 N–H and O–H groups in total. The van der Waals surface area contributed by atoms with E-state index in [-0.39, 0.29) is 5.69 Å². The van der Waals surface area contributed by atoms with Gasteiger partial charge in [0.1, 0.15) is 5.82 Å². The first-order valence-electron chi connectivity index (χ1n) is 4.73. The van der Waals surface area contributed by atoms with Crippen LogP contribution in [0.3, 0.4) is 0 Å². The Balaban J connectivity index is 2.32. The van der Waals surface area contributed by atoms with E-state index in [2.05, 4.69) is 22.1 Å². The molecule has 0 aliphatic heterocycles. The molecule has 0 aliphatic carbocycles. The molecule has 0 aliphatic rings. The SMILES string of the molecule is C=CCSCCNc1ccc(C(=O)O)nn1. The number of thioether (sulfide) groups is 1. The van der Waals surface area contributed by atoms with Gasteiger partial charge in [-0.05, 0) is 12.1 Å². The molecular formula is C10H13N3O2S. The molecule has 1 aromatic rings. The summed E-state index contributed by atoms with van der Waals surface area (Å²) in [5.74, 6) is 1.38. The maximum atomic E-state index is 10.5. The van der Waals surface area contributed by atoms with E-state index >= 15 is 0 Å². The molecule has 1 aromatic heterocycles. The van der Waals surface area contributed by atoms with Crippen molar-refractivity contribution in [3.05, 3.63) is 30.5 Å². The zero-order valence-electron chi connectivity index (χ0n) is 8.72. The third-order valence-electron chi connectivity index (χ3n) is 1.67. The Labute approximate surface area is 98.0 Å². The number of hydrogen-bond donors (Lipinski definition) is 2. The Morgan fingerprint density at radius 1 is 1.56 bits per heavy atom. The molecule has 16 heavy (non-hydrogen) atoms. The second-order valence-corrected chi connectivity index (χ2v) is 4.05. The number of carbonyl (C=O) groups is 1. The van der Waals surface area contributed by atoms with Gasteiger partial charge in [0.15, 0.2) is 5.69 Å². The largest absolute Gasteiger partial charge is 0.476 e. The van der Waals surface area contributed by atoms with Gasteiger partial charge in [-0.2, -0.15) is 11.8 Å². The predicted octanol–water partition coefficient (Wildman–Crippen LogP) is 1.51. The van der Waals surface area contributed by atoms with Crippen LogP contribution in [0.25, 0.3) is 0 Å². The van der Waals surface area contributed by atoms with Crippen LogP contribution in [0, 0.1) is 0 Å². The highest BCUT2D eigenvalue weighted by Gasteiger charge is 2.04. The van der Waals surface area contributed by atoms with Crippen molar-refractivity contribution >= 4 is 23.5 Å². The number of carboxylic acid groups (broad SMARTS) is 1. The van der Waals surface area contributed by atoms with Gasteiger partial charge in [-0.3, -0.25) is 0 Å². The Morgan fingerprint density at radius 3 is 2.94 bits per heavy atom. The van der Waals surface area contributed by atoms with Crippen molar-refractivity contribution in [3.8, 4) is 0 Å². The second kappa shape index (κ2) is 6.84. The van der Waals surface area contributed by atoms with Crippen LogP contribution in [0.4, 0.5) is 5.82 Å². The zero-order chi connectivity index (χ0) is 11.8. The van der Waals surface area contributed by atoms with E-state index < -0.39 is 5.97 Å². The van der Waals surface area contributed by atoms with Gasteiger partial charge in [0.25, 0.3) is 0 Å². The van der Waals surface area contributed by atoms with Crippen LogP contribution in [0.15, 0.2) is 24.8 Å². The van der Waals surface area contributed by atoms with E-state index in [0.29, 0.717) is 5.82 Å². The van der Waals surface area contributed by atoms with Crippen molar-refractivity contribution in [2.24, 2.45) is 0 Å². The van der Waals surface area contributed by atoms with Gasteiger partial charge in [-0.25, -0.2) is 4.79 Å². The molecule has 86 valence electrons. The van der Waals surface area contributed by atoms with E-state index in [0.717, 1.165) is 18.1 Å². The summed E-state index contributed by atoms with van der Waals surface area (Å²) in [6.07, 6.45) is 1.85. The molecule has 0 unspecified atom stereocenters. The average molecular weight is 239 g/mol. The standard InChI is InChI=1S/C10H13N3O2S/c1-2-6-16-7-5-11-9-4-3-8(10(14)15)12-13-9/h2-4H,1,5-7H2,(H,11,13)(H,14,15). The molecule has 0 amide bonds. The molecule has 0 bridgehead atoms. The molecule has 1 rings (SSSR count). The fraction of sp³-hybridized carbons (Fsp3) is 0.300. The average Bonchev–Trinajstić information content (AvgIpc) is 2.29. The third-order valence-corrected chi connectivity index (χ3v) is 2.64. The molecule has 1 heterocycles. The van der Waals surface area contributed by atoms with Crippen molar-refractivity contribution in [1.29, 1.82) is 0 Å². The predicted molar refractivity (Wildman–Crippen MR) is 65.0 cm³/mol. The topological polar surface area (TPSA) is 75.1 Å². The molecule has 0 saturated heterocycles. The van der Waals surface area contributed by atoms with Crippen molar-refractivity contribution in [1.82, 2.24) is 10.2 Å². The summed E-state index contributed by atoms with van der Waals surface area (Å²) in [6.45, 7) is 4.39. The van der Waals surface area contributed by atoms with Gasteiger partial charge in [0, 0.05) is 18.1 Å². The first-order chi connectivity index (χ1) is 7.74. The first kappa shape index (κ1) is 12.5. The Hall–Kier alpha value is -1.56. The van der Waals surface area contributed by atoms with Crippen molar-refractivity contribution < 1.29 is 9.90 Å². The lowest BCUT2D eigenvalue weighted by atomic mass is 10.4. The monoisotopic (exact) mass is 239 g/mol. The minimum Gasteiger partial charge on any atom is -0.476 e. The Bertz CT molecular complexity index is 354. The van der Waals surface area contributed by atoms with Gasteiger partial charge >= 0.3 is 5.97 Å². The van der Waals surface area contributed by atoms with Crippen LogP contribution in [0.5, 0.6) is 0 Å². The highest BCUT2D eigenvalue weighted by molar-refractivity contribution is 7.99. The van der Waals surface area contributed by atoms with Crippen molar-refractivity contribution in [2.75, 3.05) is 23.4 Å². The van der Waals surface area contributed by atoms with Crippen LogP contribution >= 0.6 is 11.8 Å². The van der Waals surface area contributed by atoms with Gasteiger partial charge in [-0.1, -0.05) is 6.08 Å². The number of hydrogen-bond acceptors (Lipinski definition) is 5. The first-order valence-corrected chi connectivity index (χ1v) is 5.89. The smallest absolute Gasteiger partial charge is 0.356 e. The molecular weight excluding hydrogens is 226 g/mol. The summed E-state index contributed by atoms with van der Waals surface area (Å²) in [4.78, 5) is 10.5. The summed E-state index contributed by atoms with van der Waals surface area (Å²) in [5.41, 5.74) is -0.0495. The number of nitrogens with one attached hydrogen (secondary N) is 1. The number of rotatable bonds is 7. The van der Waals surface area contributed by atoms with Crippen LogP contribution < -0.4 is 5.32 Å². The van der Waals surface area contributed by atoms with Crippen molar-refractivity contribution in [3.63, 3.8) is 0 Å². The molecule has 0 radical (unpaired) electrons. The quantitative estimate of drug-likeness (QED) is 0.555. The van der Waals surface area contributed by atoms with Crippen LogP contribution in [-0.4, -0.2) is 39.3 Å². The minimum atomic E-state index is -1.07. The molecule has 6 heteroatoms. The van der Waals surface area contributed by atoms with Gasteiger partial charge in [0.2, 0.25) is 0 Å². The van der Waals surface area contributed by atoms with Gasteiger partial charge in [-0.15, -0.1) is 16.8 Å². The highest BCUT2D eigenvalue weighted by atomic mass is 32.2. The minimum absolute atomic E-state index is 0.0495. The lowest BCUT2D eigenvalue weighted by molar-refractivity contribution is 0.0689. The molecule has 0 aromatic carbocycles. The molecule has 0 spiro atoms. The van der Waals surface area contributed by atoms with Gasteiger partial charge in [0.05, 0.1) is 0 Å². The molecule has 0 saturated carbocycles. The number of nitrogens with zero attached hydrogens (tertiary/aromatic N) is 2. The summed E-state index contributed by atoms with van der Waals surface area (Å²) in [5, 5.41) is 19.0. The zero-order valence-corrected chi connectivity index (χ0v) is 9.54. The van der Waals surface area contributed by atoms with Crippen LogP contribution in [-0.2, 0) is 0 Å². The number of aromatic nitrogens is 2. The van der Waals surface area contributed by atoms with Crippen LogP contribution in [0.1, 0.15) is 10.5 Å². The fourth-order valence-electron chi connectivity index (χ4n) is 0.959. The van der Waals surface area contributed by atoms with E-state index in [4.69, 9.17) is 5.11 Å². The number of carboxylic acids is 1. The number of anilines is 1.